The predicted molar refractivity (Wildman–Crippen MR) is 67.6 cm³/mol. The van der Waals surface area contributed by atoms with E-state index in [1.54, 1.807) is 4.68 Å². The third-order valence-corrected chi connectivity index (χ3v) is 2.52. The number of hydrogen-bond donors (Lipinski definition) is 1. The molecule has 2 aromatic rings. The molecule has 2 rings (SSSR count). The van der Waals surface area contributed by atoms with Gasteiger partial charge in [0, 0.05) is 6.20 Å². The summed E-state index contributed by atoms with van der Waals surface area (Å²) in [6.07, 6.45) is 1.95. The number of rotatable bonds is 4. The number of nitrogens with two attached hydrogens (primary N) is 1. The van der Waals surface area contributed by atoms with Crippen molar-refractivity contribution >= 4 is 11.9 Å². The molecular weight excluding hydrogens is 246 g/mol. The van der Waals surface area contributed by atoms with Gasteiger partial charge in [-0.1, -0.05) is 18.2 Å². The molecule has 1 atom stereocenters. The molecule has 0 bridgehead atoms. The number of para-hydroxylation sites is 1. The number of nitrogens with zero attached hydrogens (tertiary/aromatic N) is 2. The summed E-state index contributed by atoms with van der Waals surface area (Å²) >= 11 is 0. The lowest BCUT2D eigenvalue weighted by molar-refractivity contribution is -0.125. The van der Waals surface area contributed by atoms with E-state index in [4.69, 9.17) is 10.5 Å². The Morgan fingerprint density at radius 3 is 2.63 bits per heavy atom. The maximum atomic E-state index is 11.7. The van der Waals surface area contributed by atoms with E-state index < -0.39 is 18.0 Å². The van der Waals surface area contributed by atoms with Gasteiger partial charge in [-0.25, -0.2) is 9.48 Å². The monoisotopic (exact) mass is 259 g/mol. The molecule has 0 spiro atoms. The average molecular weight is 259 g/mol. The molecule has 0 aliphatic heterocycles. The first-order valence-corrected chi connectivity index (χ1v) is 5.68. The van der Waals surface area contributed by atoms with Crippen molar-refractivity contribution in [2.75, 3.05) is 0 Å². The highest BCUT2D eigenvalue weighted by atomic mass is 16.5. The number of esters is 1. The number of benzene rings is 1. The maximum Gasteiger partial charge on any atom is 0.342 e. The number of aromatic nitrogens is 2. The average Bonchev–Trinajstić information content (AvgIpc) is 2.89. The lowest BCUT2D eigenvalue weighted by Crippen LogP contribution is -2.30. The molecule has 1 amide bonds. The summed E-state index contributed by atoms with van der Waals surface area (Å²) in [5.74, 6) is -1.32. The number of carbonyl (C=O) groups excluding carboxylic acids is 2. The third kappa shape index (κ3) is 2.98. The van der Waals surface area contributed by atoms with E-state index in [9.17, 15) is 9.59 Å². The fourth-order valence-corrected chi connectivity index (χ4v) is 1.44. The molecule has 0 unspecified atom stereocenters. The van der Waals surface area contributed by atoms with E-state index >= 15 is 0 Å². The predicted octanol–water partition coefficient (Wildman–Crippen LogP) is 0.903. The molecule has 0 fully saturated rings. The fourth-order valence-electron chi connectivity index (χ4n) is 1.44. The Kier molecular flexibility index (Phi) is 3.61. The minimum atomic E-state index is -0.965. The maximum absolute atomic E-state index is 11.7. The first-order valence-electron chi connectivity index (χ1n) is 5.68. The van der Waals surface area contributed by atoms with Gasteiger partial charge in [0.25, 0.3) is 5.91 Å². The van der Waals surface area contributed by atoms with Crippen LogP contribution in [0.1, 0.15) is 17.3 Å². The van der Waals surface area contributed by atoms with Crippen molar-refractivity contribution in [3.05, 3.63) is 48.3 Å². The summed E-state index contributed by atoms with van der Waals surface area (Å²) in [5, 5.41) is 4.06. The van der Waals surface area contributed by atoms with Crippen molar-refractivity contribution in [3.8, 4) is 5.69 Å². The molecule has 6 nitrogen and oxygen atoms in total. The molecular formula is C13H13N3O3. The van der Waals surface area contributed by atoms with E-state index in [1.165, 1.54) is 19.3 Å². The third-order valence-electron chi connectivity index (χ3n) is 2.52. The first-order chi connectivity index (χ1) is 9.08. The summed E-state index contributed by atoms with van der Waals surface area (Å²) in [7, 11) is 0. The summed E-state index contributed by atoms with van der Waals surface area (Å²) in [6.45, 7) is 1.42. The highest BCUT2D eigenvalue weighted by molar-refractivity contribution is 5.91. The molecule has 2 N–H and O–H groups in total. The van der Waals surface area contributed by atoms with Crippen LogP contribution in [0.2, 0.25) is 0 Å². The second-order valence-corrected chi connectivity index (χ2v) is 3.96. The van der Waals surface area contributed by atoms with Crippen LogP contribution in [0.3, 0.4) is 0 Å². The molecule has 0 radical (unpaired) electrons. The van der Waals surface area contributed by atoms with Gasteiger partial charge in [0.1, 0.15) is 0 Å². The van der Waals surface area contributed by atoms with Gasteiger partial charge in [-0.2, -0.15) is 5.10 Å². The number of primary amides is 1. The summed E-state index contributed by atoms with van der Waals surface area (Å²) in [5.41, 5.74) is 6.11. The highest BCUT2D eigenvalue weighted by Gasteiger charge is 2.17. The first kappa shape index (κ1) is 12.8. The van der Waals surface area contributed by atoms with E-state index in [0.29, 0.717) is 0 Å². The summed E-state index contributed by atoms with van der Waals surface area (Å²) in [6, 6.07) is 9.33. The molecule has 98 valence electrons. The van der Waals surface area contributed by atoms with E-state index in [0.717, 1.165) is 5.69 Å². The van der Waals surface area contributed by atoms with Gasteiger partial charge in [0.15, 0.2) is 6.10 Å². The Hall–Kier alpha value is -2.63. The molecule has 0 aliphatic carbocycles. The number of amides is 1. The zero-order valence-corrected chi connectivity index (χ0v) is 10.3. The van der Waals surface area contributed by atoms with Gasteiger partial charge in [-0.3, -0.25) is 4.79 Å². The van der Waals surface area contributed by atoms with Crippen LogP contribution in [0.25, 0.3) is 5.69 Å². The van der Waals surface area contributed by atoms with Crippen LogP contribution in [0, 0.1) is 0 Å². The Morgan fingerprint density at radius 1 is 1.32 bits per heavy atom. The van der Waals surface area contributed by atoms with E-state index in [1.807, 2.05) is 30.3 Å². The van der Waals surface area contributed by atoms with Gasteiger partial charge in [-0.15, -0.1) is 0 Å². The van der Waals surface area contributed by atoms with Crippen molar-refractivity contribution in [2.24, 2.45) is 5.73 Å². The van der Waals surface area contributed by atoms with Crippen molar-refractivity contribution in [1.82, 2.24) is 9.78 Å². The topological polar surface area (TPSA) is 87.2 Å². The standard InChI is InChI=1S/C13H13N3O3/c1-9(12(14)17)19-13(18)10-7-15-16(8-10)11-5-3-2-4-6-11/h2-9H,1H3,(H2,14,17)/t9-/m0/s1. The van der Waals surface area contributed by atoms with Crippen molar-refractivity contribution < 1.29 is 14.3 Å². The molecule has 0 aliphatic rings. The molecule has 6 heteroatoms. The Morgan fingerprint density at radius 2 is 2.00 bits per heavy atom. The normalized spacial score (nSPS) is 11.8. The second-order valence-electron chi connectivity index (χ2n) is 3.96. The molecule has 19 heavy (non-hydrogen) atoms. The Bertz CT molecular complexity index is 592. The van der Waals surface area contributed by atoms with Crippen LogP contribution in [-0.2, 0) is 9.53 Å². The minimum Gasteiger partial charge on any atom is -0.449 e. The Balaban J connectivity index is 2.13. The number of hydrogen-bond acceptors (Lipinski definition) is 4. The lowest BCUT2D eigenvalue weighted by atomic mass is 10.3. The zero-order chi connectivity index (χ0) is 13.8. The van der Waals surface area contributed by atoms with Crippen LogP contribution in [-0.4, -0.2) is 27.8 Å². The number of ether oxygens (including phenoxy) is 1. The summed E-state index contributed by atoms with van der Waals surface area (Å²) < 4.78 is 6.43. The quantitative estimate of drug-likeness (QED) is 0.826. The van der Waals surface area contributed by atoms with Crippen LogP contribution in [0.5, 0.6) is 0 Å². The molecule has 0 saturated carbocycles. The highest BCUT2D eigenvalue weighted by Crippen LogP contribution is 2.09. The SMILES string of the molecule is C[C@H](OC(=O)c1cnn(-c2ccccc2)c1)C(N)=O. The largest absolute Gasteiger partial charge is 0.449 e. The van der Waals surface area contributed by atoms with E-state index in [-0.39, 0.29) is 5.56 Å². The number of carbonyl (C=O) groups is 2. The smallest absolute Gasteiger partial charge is 0.342 e. The molecule has 1 heterocycles. The minimum absolute atomic E-state index is 0.261. The van der Waals surface area contributed by atoms with Gasteiger partial charge < -0.3 is 10.5 Å². The van der Waals surface area contributed by atoms with Gasteiger partial charge in [0.05, 0.1) is 17.4 Å². The van der Waals surface area contributed by atoms with Crippen LogP contribution in [0.4, 0.5) is 0 Å². The molecule has 0 saturated heterocycles. The summed E-state index contributed by atoms with van der Waals surface area (Å²) in [4.78, 5) is 22.5. The van der Waals surface area contributed by atoms with E-state index in [2.05, 4.69) is 5.10 Å². The van der Waals surface area contributed by atoms with Gasteiger partial charge in [0.2, 0.25) is 0 Å². The van der Waals surface area contributed by atoms with Gasteiger partial charge in [-0.05, 0) is 19.1 Å². The molecule has 1 aromatic carbocycles. The van der Waals surface area contributed by atoms with Crippen LogP contribution < -0.4 is 5.73 Å². The van der Waals surface area contributed by atoms with Crippen LogP contribution >= 0.6 is 0 Å². The van der Waals surface area contributed by atoms with Crippen molar-refractivity contribution in [1.29, 1.82) is 0 Å². The van der Waals surface area contributed by atoms with Crippen molar-refractivity contribution in [3.63, 3.8) is 0 Å². The Labute approximate surface area is 109 Å². The zero-order valence-electron chi connectivity index (χ0n) is 10.3. The molecule has 1 aromatic heterocycles. The van der Waals surface area contributed by atoms with Crippen molar-refractivity contribution in [2.45, 2.75) is 13.0 Å². The second kappa shape index (κ2) is 5.34. The van der Waals surface area contributed by atoms with Gasteiger partial charge >= 0.3 is 5.97 Å². The lowest BCUT2D eigenvalue weighted by Gasteiger charge is -2.07. The van der Waals surface area contributed by atoms with Crippen LogP contribution in [0.15, 0.2) is 42.7 Å². The fraction of sp³-hybridized carbons (Fsp3) is 0.154.